The molecule has 0 radical (unpaired) electrons. The molecule has 2 bridgehead atoms. The van der Waals surface area contributed by atoms with Crippen LogP contribution in [0.1, 0.15) is 45.7 Å². The van der Waals surface area contributed by atoms with Crippen LogP contribution in [0.3, 0.4) is 0 Å². The van der Waals surface area contributed by atoms with Crippen molar-refractivity contribution in [3.05, 3.63) is 22.3 Å². The lowest BCUT2D eigenvalue weighted by molar-refractivity contribution is 0.0272. The highest BCUT2D eigenvalue weighted by atomic mass is 79.9. The molecule has 104 valence electrons. The van der Waals surface area contributed by atoms with Gasteiger partial charge in [0.1, 0.15) is 6.10 Å². The fraction of sp³-hybridized carbons (Fsp3) is 0.688. The summed E-state index contributed by atoms with van der Waals surface area (Å²) in [6.07, 6.45) is 4.13. The first-order valence-electron chi connectivity index (χ1n) is 7.14. The van der Waals surface area contributed by atoms with Gasteiger partial charge in [0.05, 0.1) is 5.69 Å². The average Bonchev–Trinajstić information content (AvgIpc) is 2.67. The van der Waals surface area contributed by atoms with Crippen molar-refractivity contribution in [2.24, 2.45) is 16.7 Å². The minimum atomic E-state index is 0.292. The van der Waals surface area contributed by atoms with Gasteiger partial charge in [-0.05, 0) is 59.5 Å². The molecule has 3 rings (SSSR count). The van der Waals surface area contributed by atoms with Gasteiger partial charge in [0.25, 0.3) is 0 Å². The van der Waals surface area contributed by atoms with E-state index in [0.29, 0.717) is 16.9 Å². The zero-order chi connectivity index (χ0) is 13.8. The predicted molar refractivity (Wildman–Crippen MR) is 80.3 cm³/mol. The largest absolute Gasteiger partial charge is 0.474 e. The summed E-state index contributed by atoms with van der Waals surface area (Å²) >= 11 is 3.49. The second-order valence-electron chi connectivity index (χ2n) is 6.93. The molecule has 0 saturated heterocycles. The number of hydrogen-bond donors (Lipinski definition) is 0. The third-order valence-electron chi connectivity index (χ3n) is 5.97. The van der Waals surface area contributed by atoms with Crippen molar-refractivity contribution in [3.63, 3.8) is 0 Å². The molecule has 0 aliphatic heterocycles. The summed E-state index contributed by atoms with van der Waals surface area (Å²) in [7, 11) is 0. The van der Waals surface area contributed by atoms with E-state index >= 15 is 0 Å². The number of halogens is 1. The van der Waals surface area contributed by atoms with E-state index in [1.54, 1.807) is 0 Å². The molecule has 0 amide bonds. The first kappa shape index (κ1) is 13.4. The zero-order valence-corrected chi connectivity index (χ0v) is 13.8. The SMILES string of the molecule is Cc1nc(OC2CC3CCC2(C)C3(C)C)ccc1Br. The van der Waals surface area contributed by atoms with E-state index in [-0.39, 0.29) is 0 Å². The van der Waals surface area contributed by atoms with Crippen molar-refractivity contribution in [1.82, 2.24) is 4.98 Å². The highest BCUT2D eigenvalue weighted by Gasteiger charge is 2.62. The summed E-state index contributed by atoms with van der Waals surface area (Å²) in [5.74, 6) is 1.58. The average molecular weight is 324 g/mol. The molecule has 1 aromatic rings. The van der Waals surface area contributed by atoms with Crippen LogP contribution in [0.4, 0.5) is 0 Å². The molecule has 3 heteroatoms. The van der Waals surface area contributed by atoms with Crippen LogP contribution < -0.4 is 4.74 Å². The van der Waals surface area contributed by atoms with E-state index < -0.39 is 0 Å². The fourth-order valence-electron chi connectivity index (χ4n) is 4.04. The Kier molecular flexibility index (Phi) is 2.97. The van der Waals surface area contributed by atoms with Crippen LogP contribution in [0.25, 0.3) is 0 Å². The van der Waals surface area contributed by atoms with Crippen LogP contribution >= 0.6 is 15.9 Å². The number of ether oxygens (including phenoxy) is 1. The second-order valence-corrected chi connectivity index (χ2v) is 7.79. The summed E-state index contributed by atoms with van der Waals surface area (Å²) in [6, 6.07) is 4.00. The predicted octanol–water partition coefficient (Wildman–Crippen LogP) is 4.75. The molecule has 0 N–H and O–H groups in total. The molecular weight excluding hydrogens is 302 g/mol. The maximum absolute atomic E-state index is 6.25. The third kappa shape index (κ3) is 1.84. The van der Waals surface area contributed by atoms with Crippen LogP contribution in [0.5, 0.6) is 5.88 Å². The minimum Gasteiger partial charge on any atom is -0.474 e. The van der Waals surface area contributed by atoms with Crippen molar-refractivity contribution in [3.8, 4) is 5.88 Å². The van der Waals surface area contributed by atoms with Gasteiger partial charge < -0.3 is 4.74 Å². The van der Waals surface area contributed by atoms with Crippen LogP contribution in [-0.2, 0) is 0 Å². The minimum absolute atomic E-state index is 0.292. The second kappa shape index (κ2) is 4.21. The van der Waals surface area contributed by atoms with Crippen molar-refractivity contribution >= 4 is 15.9 Å². The smallest absolute Gasteiger partial charge is 0.213 e. The molecule has 3 atom stereocenters. The Morgan fingerprint density at radius 1 is 1.32 bits per heavy atom. The molecule has 2 aliphatic rings. The van der Waals surface area contributed by atoms with Crippen molar-refractivity contribution in [2.45, 2.75) is 53.1 Å². The maximum Gasteiger partial charge on any atom is 0.213 e. The van der Waals surface area contributed by atoms with Crippen molar-refractivity contribution in [1.29, 1.82) is 0 Å². The Bertz CT molecular complexity index is 513. The molecule has 3 unspecified atom stereocenters. The number of fused-ring (bicyclic) bond motifs is 2. The number of aryl methyl sites for hydroxylation is 1. The normalized spacial score (nSPS) is 35.6. The molecule has 1 aromatic heterocycles. The van der Waals surface area contributed by atoms with Gasteiger partial charge >= 0.3 is 0 Å². The number of hydrogen-bond acceptors (Lipinski definition) is 2. The Hall–Kier alpha value is -0.570. The lowest BCUT2D eigenvalue weighted by atomic mass is 9.70. The molecule has 0 aromatic carbocycles. The first-order valence-corrected chi connectivity index (χ1v) is 7.94. The summed E-state index contributed by atoms with van der Waals surface area (Å²) in [5.41, 5.74) is 1.67. The lowest BCUT2D eigenvalue weighted by Gasteiger charge is -2.38. The maximum atomic E-state index is 6.25. The van der Waals surface area contributed by atoms with Gasteiger partial charge in [-0.3, -0.25) is 0 Å². The third-order valence-corrected chi connectivity index (χ3v) is 6.81. The van der Waals surface area contributed by atoms with Gasteiger partial charge in [-0.15, -0.1) is 0 Å². The summed E-state index contributed by atoms with van der Waals surface area (Å²) in [5, 5.41) is 0. The van der Waals surface area contributed by atoms with E-state index in [1.807, 2.05) is 19.1 Å². The van der Waals surface area contributed by atoms with Gasteiger partial charge in [0, 0.05) is 16.0 Å². The van der Waals surface area contributed by atoms with Crippen LogP contribution in [0, 0.1) is 23.7 Å². The van der Waals surface area contributed by atoms with Gasteiger partial charge in [0.2, 0.25) is 5.88 Å². The molecule has 19 heavy (non-hydrogen) atoms. The highest BCUT2D eigenvalue weighted by molar-refractivity contribution is 9.10. The first-order chi connectivity index (χ1) is 8.84. The molecule has 2 saturated carbocycles. The number of rotatable bonds is 2. The van der Waals surface area contributed by atoms with E-state index in [0.717, 1.165) is 22.0 Å². The number of aromatic nitrogens is 1. The summed E-state index contributed by atoms with van der Waals surface area (Å²) in [6.45, 7) is 9.22. The van der Waals surface area contributed by atoms with Crippen LogP contribution in [0.15, 0.2) is 16.6 Å². The van der Waals surface area contributed by atoms with Gasteiger partial charge in [-0.1, -0.05) is 20.8 Å². The topological polar surface area (TPSA) is 22.1 Å². The Labute approximate surface area is 124 Å². The Morgan fingerprint density at radius 3 is 2.58 bits per heavy atom. The Morgan fingerprint density at radius 2 is 2.05 bits per heavy atom. The highest BCUT2D eigenvalue weighted by Crippen LogP contribution is 2.66. The Balaban J connectivity index is 1.84. The zero-order valence-electron chi connectivity index (χ0n) is 12.2. The van der Waals surface area contributed by atoms with Crippen molar-refractivity contribution in [2.75, 3.05) is 0 Å². The molecule has 2 aliphatic carbocycles. The van der Waals surface area contributed by atoms with E-state index in [2.05, 4.69) is 41.7 Å². The molecule has 1 heterocycles. The van der Waals surface area contributed by atoms with E-state index in [4.69, 9.17) is 4.74 Å². The van der Waals surface area contributed by atoms with Crippen LogP contribution in [0.2, 0.25) is 0 Å². The quantitative estimate of drug-likeness (QED) is 0.783. The fourth-order valence-corrected chi connectivity index (χ4v) is 4.26. The van der Waals surface area contributed by atoms with Crippen molar-refractivity contribution < 1.29 is 4.74 Å². The van der Waals surface area contributed by atoms with Gasteiger partial charge in [-0.2, -0.15) is 0 Å². The van der Waals surface area contributed by atoms with Gasteiger partial charge in [0.15, 0.2) is 0 Å². The molecule has 0 spiro atoms. The summed E-state index contributed by atoms with van der Waals surface area (Å²) < 4.78 is 7.29. The molecular formula is C16H22BrNO. The number of pyridine rings is 1. The molecule has 2 fully saturated rings. The van der Waals surface area contributed by atoms with Crippen LogP contribution in [-0.4, -0.2) is 11.1 Å². The number of nitrogens with zero attached hydrogens (tertiary/aromatic N) is 1. The summed E-state index contributed by atoms with van der Waals surface area (Å²) in [4.78, 5) is 4.53. The standard InChI is InChI=1S/C16H22BrNO/c1-10-12(17)5-6-14(18-10)19-13-9-11-7-8-16(13,4)15(11,2)3/h5-6,11,13H,7-9H2,1-4H3. The lowest BCUT2D eigenvalue weighted by Crippen LogP contribution is -2.39. The monoisotopic (exact) mass is 323 g/mol. The van der Waals surface area contributed by atoms with E-state index in [1.165, 1.54) is 19.3 Å². The molecule has 2 nitrogen and oxygen atoms in total. The van der Waals surface area contributed by atoms with Gasteiger partial charge in [-0.25, -0.2) is 4.98 Å². The van der Waals surface area contributed by atoms with E-state index in [9.17, 15) is 0 Å².